The topological polar surface area (TPSA) is 72.8 Å². The van der Waals surface area contributed by atoms with E-state index >= 15 is 0 Å². The molecule has 0 rings (SSSR count). The molecule has 1 atom stereocenters. The molecule has 5 nitrogen and oxygen atoms in total. The van der Waals surface area contributed by atoms with Crippen molar-refractivity contribution in [1.29, 1.82) is 0 Å². The van der Waals surface area contributed by atoms with Crippen LogP contribution in [-0.2, 0) is 19.1 Å². The normalized spacial score (nSPS) is 12.5. The van der Waals surface area contributed by atoms with Crippen LogP contribution in [0.15, 0.2) is 36.5 Å². The van der Waals surface area contributed by atoms with E-state index in [0.717, 1.165) is 57.8 Å². The van der Waals surface area contributed by atoms with Gasteiger partial charge in [0.25, 0.3) is 0 Å². The summed E-state index contributed by atoms with van der Waals surface area (Å²) in [5.41, 5.74) is 0. The lowest BCUT2D eigenvalue weighted by Crippen LogP contribution is -2.28. The predicted molar refractivity (Wildman–Crippen MR) is 187 cm³/mol. The molecule has 1 N–H and O–H groups in total. The van der Waals surface area contributed by atoms with Gasteiger partial charge in [-0.3, -0.25) is 9.59 Å². The minimum Gasteiger partial charge on any atom is -0.462 e. The Morgan fingerprint density at radius 2 is 0.909 bits per heavy atom. The van der Waals surface area contributed by atoms with Gasteiger partial charge < -0.3 is 14.6 Å². The fourth-order valence-electron chi connectivity index (χ4n) is 5.05. The van der Waals surface area contributed by atoms with Crippen LogP contribution >= 0.6 is 0 Å². The molecule has 44 heavy (non-hydrogen) atoms. The first-order valence-corrected chi connectivity index (χ1v) is 18.5. The number of carbonyl (C=O) groups excluding carboxylic acids is 2. The number of hydrogen-bond donors (Lipinski definition) is 1. The first kappa shape index (κ1) is 42.1. The van der Waals surface area contributed by atoms with Gasteiger partial charge in [-0.1, -0.05) is 134 Å². The molecule has 0 fully saturated rings. The smallest absolute Gasteiger partial charge is 0.306 e. The molecule has 0 aliphatic rings. The van der Waals surface area contributed by atoms with Crippen molar-refractivity contribution in [2.24, 2.45) is 0 Å². The second-order valence-corrected chi connectivity index (χ2v) is 12.3. The van der Waals surface area contributed by atoms with Gasteiger partial charge in [0.05, 0.1) is 6.61 Å². The van der Waals surface area contributed by atoms with Gasteiger partial charge in [-0.25, -0.2) is 0 Å². The molecule has 0 aromatic carbocycles. The molecular formula is C39H70O5. The molecule has 0 spiro atoms. The zero-order valence-corrected chi connectivity index (χ0v) is 28.9. The number of ether oxygens (including phenoxy) is 2. The van der Waals surface area contributed by atoms with E-state index in [0.29, 0.717) is 12.8 Å². The molecule has 0 bridgehead atoms. The van der Waals surface area contributed by atoms with Crippen LogP contribution in [0.3, 0.4) is 0 Å². The number of rotatable bonds is 33. The Hall–Kier alpha value is -1.88. The summed E-state index contributed by atoms with van der Waals surface area (Å²) < 4.78 is 10.6. The minimum absolute atomic E-state index is 0.0757. The molecular weight excluding hydrogens is 548 g/mol. The van der Waals surface area contributed by atoms with Gasteiger partial charge >= 0.3 is 11.9 Å². The number of esters is 2. The van der Waals surface area contributed by atoms with Crippen LogP contribution in [0.4, 0.5) is 0 Å². The van der Waals surface area contributed by atoms with Crippen LogP contribution in [-0.4, -0.2) is 36.4 Å². The van der Waals surface area contributed by atoms with Gasteiger partial charge in [0.2, 0.25) is 0 Å². The molecule has 0 aromatic heterocycles. The number of carbonyl (C=O) groups is 2. The SMILES string of the molecule is CCCCC/C=C\C/C=C\CCCCCCCC(=O)OCC(CO)OC(=O)CCCCCCC/C=C\CCCCCCCC. The van der Waals surface area contributed by atoms with Gasteiger partial charge in [-0.2, -0.15) is 0 Å². The highest BCUT2D eigenvalue weighted by Gasteiger charge is 2.16. The largest absolute Gasteiger partial charge is 0.462 e. The molecule has 0 saturated carbocycles. The maximum atomic E-state index is 12.1. The highest BCUT2D eigenvalue weighted by molar-refractivity contribution is 5.70. The predicted octanol–water partition coefficient (Wildman–Crippen LogP) is 11.3. The fourth-order valence-corrected chi connectivity index (χ4v) is 5.05. The van der Waals surface area contributed by atoms with E-state index in [-0.39, 0.29) is 25.2 Å². The van der Waals surface area contributed by atoms with Crippen LogP contribution in [0, 0.1) is 0 Å². The standard InChI is InChI=1S/C39H70O5/c1-3-5-7-9-11-13-15-17-19-21-23-25-27-29-31-33-38(41)43-36-37(35-40)44-39(42)34-32-30-28-26-24-22-20-18-16-14-12-10-8-6-4-2/h11,13,17-20,37,40H,3-10,12,14-16,21-36H2,1-2H3/b13-11-,19-17-,20-18-. The highest BCUT2D eigenvalue weighted by atomic mass is 16.6. The molecule has 0 heterocycles. The van der Waals surface area contributed by atoms with E-state index in [1.807, 2.05) is 0 Å². The summed E-state index contributed by atoms with van der Waals surface area (Å²) in [6.07, 6.45) is 41.9. The average molecular weight is 619 g/mol. The van der Waals surface area contributed by atoms with Gasteiger partial charge in [-0.05, 0) is 70.6 Å². The summed E-state index contributed by atoms with van der Waals surface area (Å²) in [6, 6.07) is 0. The summed E-state index contributed by atoms with van der Waals surface area (Å²) in [5.74, 6) is -0.617. The fraction of sp³-hybridized carbons (Fsp3) is 0.795. The molecule has 0 aliphatic carbocycles. The lowest BCUT2D eigenvalue weighted by molar-refractivity contribution is -0.161. The van der Waals surface area contributed by atoms with E-state index in [1.165, 1.54) is 96.3 Å². The quantitative estimate of drug-likeness (QED) is 0.0450. The summed E-state index contributed by atoms with van der Waals surface area (Å²) in [5, 5.41) is 9.53. The van der Waals surface area contributed by atoms with Crippen molar-refractivity contribution in [3.63, 3.8) is 0 Å². The van der Waals surface area contributed by atoms with Crippen molar-refractivity contribution in [1.82, 2.24) is 0 Å². The van der Waals surface area contributed by atoms with Crippen molar-refractivity contribution in [3.05, 3.63) is 36.5 Å². The van der Waals surface area contributed by atoms with Crippen LogP contribution < -0.4 is 0 Å². The monoisotopic (exact) mass is 619 g/mol. The van der Waals surface area contributed by atoms with Crippen LogP contribution in [0.1, 0.15) is 181 Å². The Morgan fingerprint density at radius 1 is 0.523 bits per heavy atom. The summed E-state index contributed by atoms with van der Waals surface area (Å²) in [4.78, 5) is 24.2. The van der Waals surface area contributed by atoms with Gasteiger partial charge in [-0.15, -0.1) is 0 Å². The summed E-state index contributed by atoms with van der Waals surface area (Å²) in [7, 11) is 0. The number of aliphatic hydroxyl groups excluding tert-OH is 1. The molecule has 0 aliphatic heterocycles. The second kappa shape index (κ2) is 35.6. The minimum atomic E-state index is -0.779. The van der Waals surface area contributed by atoms with Crippen LogP contribution in [0.2, 0.25) is 0 Å². The molecule has 0 radical (unpaired) electrons. The first-order valence-electron chi connectivity index (χ1n) is 18.5. The summed E-state index contributed by atoms with van der Waals surface area (Å²) >= 11 is 0. The third kappa shape index (κ3) is 33.0. The average Bonchev–Trinajstić information content (AvgIpc) is 3.02. The molecule has 256 valence electrons. The van der Waals surface area contributed by atoms with Crippen LogP contribution in [0.5, 0.6) is 0 Å². The van der Waals surface area contributed by atoms with Crippen LogP contribution in [0.25, 0.3) is 0 Å². The van der Waals surface area contributed by atoms with Crippen molar-refractivity contribution < 1.29 is 24.2 Å². The van der Waals surface area contributed by atoms with E-state index in [4.69, 9.17) is 9.47 Å². The van der Waals surface area contributed by atoms with Crippen molar-refractivity contribution >= 4 is 11.9 Å². The van der Waals surface area contributed by atoms with Gasteiger partial charge in [0, 0.05) is 12.8 Å². The van der Waals surface area contributed by atoms with E-state index in [1.54, 1.807) is 0 Å². The van der Waals surface area contributed by atoms with Gasteiger partial charge in [0.15, 0.2) is 6.10 Å². The van der Waals surface area contributed by atoms with Crippen molar-refractivity contribution in [2.45, 2.75) is 187 Å². The highest BCUT2D eigenvalue weighted by Crippen LogP contribution is 2.12. The van der Waals surface area contributed by atoms with Gasteiger partial charge in [0.1, 0.15) is 6.61 Å². The number of allylic oxidation sites excluding steroid dienone is 6. The lowest BCUT2D eigenvalue weighted by Gasteiger charge is -2.15. The third-order valence-corrected chi connectivity index (χ3v) is 7.91. The zero-order valence-electron chi connectivity index (χ0n) is 28.9. The molecule has 1 unspecified atom stereocenters. The number of aliphatic hydroxyl groups is 1. The van der Waals surface area contributed by atoms with E-state index < -0.39 is 6.10 Å². The zero-order chi connectivity index (χ0) is 32.2. The second-order valence-electron chi connectivity index (χ2n) is 12.3. The number of hydrogen-bond acceptors (Lipinski definition) is 5. The maximum Gasteiger partial charge on any atom is 0.306 e. The Balaban J connectivity index is 3.61. The summed E-state index contributed by atoms with van der Waals surface area (Å²) in [6.45, 7) is 4.08. The Kier molecular flexibility index (Phi) is 34.1. The number of unbranched alkanes of at least 4 members (excludes halogenated alkanes) is 19. The first-order chi connectivity index (χ1) is 21.6. The van der Waals surface area contributed by atoms with E-state index in [9.17, 15) is 14.7 Å². The Labute approximate surface area is 272 Å². The Bertz CT molecular complexity index is 711. The Morgan fingerprint density at radius 3 is 1.41 bits per heavy atom. The molecule has 5 heteroatoms. The van der Waals surface area contributed by atoms with Crippen molar-refractivity contribution in [3.8, 4) is 0 Å². The molecule has 0 aromatic rings. The maximum absolute atomic E-state index is 12.1. The third-order valence-electron chi connectivity index (χ3n) is 7.91. The molecule has 0 saturated heterocycles. The van der Waals surface area contributed by atoms with Crippen molar-refractivity contribution in [2.75, 3.05) is 13.2 Å². The lowest BCUT2D eigenvalue weighted by atomic mass is 10.1. The van der Waals surface area contributed by atoms with E-state index in [2.05, 4.69) is 50.3 Å². The molecule has 0 amide bonds.